The Hall–Kier alpha value is -1.39. The van der Waals surface area contributed by atoms with Gasteiger partial charge in [-0.05, 0) is 12.8 Å². The van der Waals surface area contributed by atoms with E-state index in [1.54, 1.807) is 0 Å². The molecule has 0 aromatic heterocycles. The number of amides is 3. The number of hydrogen-bond acceptors (Lipinski definition) is 3. The molecule has 2 rings (SSSR count). The van der Waals surface area contributed by atoms with E-state index in [0.717, 1.165) is 12.8 Å². The molecular weight excluding hydrogens is 184 g/mol. The maximum atomic E-state index is 11.6. The predicted octanol–water partition coefficient (Wildman–Crippen LogP) is 0.0499. The summed E-state index contributed by atoms with van der Waals surface area (Å²) in [7, 11) is 0. The second kappa shape index (κ2) is 3.08. The van der Waals surface area contributed by atoms with Crippen LogP contribution in [0.2, 0.25) is 0 Å². The average molecular weight is 196 g/mol. The van der Waals surface area contributed by atoms with Crippen LogP contribution >= 0.6 is 0 Å². The summed E-state index contributed by atoms with van der Waals surface area (Å²) in [5.41, 5.74) is -0.710. The molecule has 1 saturated carbocycles. The lowest BCUT2D eigenvalue weighted by atomic mass is 9.96. The summed E-state index contributed by atoms with van der Waals surface area (Å²) < 4.78 is 0. The highest BCUT2D eigenvalue weighted by Crippen LogP contribution is 2.38. The maximum Gasteiger partial charge on any atom is 0.325 e. The van der Waals surface area contributed by atoms with Crippen LogP contribution in [0.1, 0.15) is 25.7 Å². The predicted molar refractivity (Wildman–Crippen MR) is 47.5 cm³/mol. The molecule has 3 amide bonds. The van der Waals surface area contributed by atoms with E-state index < -0.39 is 11.6 Å². The Kier molecular flexibility index (Phi) is 2.02. The molecule has 1 saturated heterocycles. The Morgan fingerprint density at radius 1 is 1.36 bits per heavy atom. The lowest BCUT2D eigenvalue weighted by Crippen LogP contribution is -2.48. The van der Waals surface area contributed by atoms with Crippen LogP contribution < -0.4 is 5.32 Å². The smallest absolute Gasteiger partial charge is 0.303 e. The van der Waals surface area contributed by atoms with Crippen LogP contribution in [-0.2, 0) is 9.59 Å². The molecule has 0 atom stereocenters. The van der Waals surface area contributed by atoms with E-state index in [2.05, 4.69) is 5.32 Å². The van der Waals surface area contributed by atoms with Crippen LogP contribution in [0.4, 0.5) is 4.79 Å². The molecule has 1 heterocycles. The van der Waals surface area contributed by atoms with Gasteiger partial charge in [-0.1, -0.05) is 12.8 Å². The van der Waals surface area contributed by atoms with Gasteiger partial charge in [0, 0.05) is 0 Å². The van der Waals surface area contributed by atoms with E-state index in [1.165, 1.54) is 4.90 Å². The van der Waals surface area contributed by atoms with Gasteiger partial charge < -0.3 is 9.69 Å². The SMILES string of the molecule is O=CCN1C(=O)NC(=O)C12CCCC2. The summed E-state index contributed by atoms with van der Waals surface area (Å²) in [6.07, 6.45) is 3.90. The van der Waals surface area contributed by atoms with Crippen molar-refractivity contribution in [2.24, 2.45) is 0 Å². The topological polar surface area (TPSA) is 66.5 Å². The molecule has 0 aromatic carbocycles. The van der Waals surface area contributed by atoms with Gasteiger partial charge in [0.15, 0.2) is 0 Å². The Morgan fingerprint density at radius 2 is 2.00 bits per heavy atom. The van der Waals surface area contributed by atoms with Gasteiger partial charge in [-0.15, -0.1) is 0 Å². The third-order valence-corrected chi connectivity index (χ3v) is 3.09. The number of carbonyl (C=O) groups is 3. The van der Waals surface area contributed by atoms with Crippen LogP contribution in [0.15, 0.2) is 0 Å². The lowest BCUT2D eigenvalue weighted by molar-refractivity contribution is -0.126. The van der Waals surface area contributed by atoms with Gasteiger partial charge in [0.2, 0.25) is 0 Å². The van der Waals surface area contributed by atoms with E-state index in [-0.39, 0.29) is 12.5 Å². The molecule has 1 N–H and O–H groups in total. The second-order valence-electron chi connectivity index (χ2n) is 3.78. The molecule has 0 bridgehead atoms. The zero-order chi connectivity index (χ0) is 10.2. The zero-order valence-electron chi connectivity index (χ0n) is 7.78. The second-order valence-corrected chi connectivity index (χ2v) is 3.78. The number of hydrogen-bond donors (Lipinski definition) is 1. The van der Waals surface area contributed by atoms with Crippen molar-refractivity contribution >= 4 is 18.2 Å². The molecule has 2 aliphatic rings. The summed E-state index contributed by atoms with van der Waals surface area (Å²) >= 11 is 0. The van der Waals surface area contributed by atoms with Gasteiger partial charge in [0.1, 0.15) is 11.8 Å². The molecule has 5 heteroatoms. The van der Waals surface area contributed by atoms with E-state index in [9.17, 15) is 14.4 Å². The summed E-state index contributed by atoms with van der Waals surface area (Å²) in [5.74, 6) is -0.234. The van der Waals surface area contributed by atoms with Gasteiger partial charge in [0.05, 0.1) is 6.54 Å². The van der Waals surface area contributed by atoms with Crippen LogP contribution in [0, 0.1) is 0 Å². The minimum Gasteiger partial charge on any atom is -0.303 e. The maximum absolute atomic E-state index is 11.6. The first-order chi connectivity index (χ1) is 6.70. The summed E-state index contributed by atoms with van der Waals surface area (Å²) in [6, 6.07) is -0.427. The van der Waals surface area contributed by atoms with Crippen LogP contribution in [-0.4, -0.2) is 35.2 Å². The highest BCUT2D eigenvalue weighted by atomic mass is 16.2. The Labute approximate surface area is 81.4 Å². The number of nitrogens with one attached hydrogen (secondary N) is 1. The molecule has 1 spiro atoms. The Morgan fingerprint density at radius 3 is 2.57 bits per heavy atom. The summed E-state index contributed by atoms with van der Waals surface area (Å²) in [4.78, 5) is 34.8. The molecule has 0 radical (unpaired) electrons. The van der Waals surface area contributed by atoms with Crippen LogP contribution in [0.25, 0.3) is 0 Å². The van der Waals surface area contributed by atoms with E-state index in [0.29, 0.717) is 19.1 Å². The van der Waals surface area contributed by atoms with Crippen LogP contribution in [0.5, 0.6) is 0 Å². The van der Waals surface area contributed by atoms with Gasteiger partial charge in [-0.3, -0.25) is 10.1 Å². The zero-order valence-corrected chi connectivity index (χ0v) is 7.78. The molecule has 0 unspecified atom stereocenters. The molecule has 1 aliphatic heterocycles. The quantitative estimate of drug-likeness (QED) is 0.501. The fourth-order valence-corrected chi connectivity index (χ4v) is 2.39. The first-order valence-electron chi connectivity index (χ1n) is 4.77. The third kappa shape index (κ3) is 1.05. The highest BCUT2D eigenvalue weighted by molar-refractivity contribution is 6.07. The molecule has 14 heavy (non-hydrogen) atoms. The number of rotatable bonds is 2. The number of nitrogens with zero attached hydrogens (tertiary/aromatic N) is 1. The molecule has 5 nitrogen and oxygen atoms in total. The van der Waals surface area contributed by atoms with Crippen molar-refractivity contribution in [1.29, 1.82) is 0 Å². The van der Waals surface area contributed by atoms with Crippen molar-refractivity contribution in [3.8, 4) is 0 Å². The minimum absolute atomic E-state index is 0.0115. The monoisotopic (exact) mass is 196 g/mol. The van der Waals surface area contributed by atoms with Crippen molar-refractivity contribution in [2.45, 2.75) is 31.2 Å². The molecular formula is C9H12N2O3. The highest BCUT2D eigenvalue weighted by Gasteiger charge is 2.53. The standard InChI is InChI=1S/C9H12N2O3/c12-6-5-11-8(14)10-7(13)9(11)3-1-2-4-9/h6H,1-5H2,(H,10,13,14). The molecule has 1 aliphatic carbocycles. The van der Waals surface area contributed by atoms with E-state index in [1.807, 2.05) is 0 Å². The normalized spacial score (nSPS) is 24.4. The lowest BCUT2D eigenvalue weighted by Gasteiger charge is -2.29. The molecule has 76 valence electrons. The Balaban J connectivity index is 2.30. The number of urea groups is 1. The minimum atomic E-state index is -0.710. The van der Waals surface area contributed by atoms with Crippen molar-refractivity contribution in [1.82, 2.24) is 10.2 Å². The van der Waals surface area contributed by atoms with Crippen molar-refractivity contribution in [3.05, 3.63) is 0 Å². The van der Waals surface area contributed by atoms with Gasteiger partial charge in [-0.2, -0.15) is 0 Å². The fraction of sp³-hybridized carbons (Fsp3) is 0.667. The van der Waals surface area contributed by atoms with Gasteiger partial charge >= 0.3 is 6.03 Å². The third-order valence-electron chi connectivity index (χ3n) is 3.09. The first-order valence-corrected chi connectivity index (χ1v) is 4.77. The van der Waals surface area contributed by atoms with Gasteiger partial charge in [-0.25, -0.2) is 4.79 Å². The largest absolute Gasteiger partial charge is 0.325 e. The Bertz CT molecular complexity index is 294. The van der Waals surface area contributed by atoms with Crippen molar-refractivity contribution in [3.63, 3.8) is 0 Å². The molecule has 0 aromatic rings. The van der Waals surface area contributed by atoms with E-state index in [4.69, 9.17) is 0 Å². The molecule has 2 fully saturated rings. The van der Waals surface area contributed by atoms with E-state index >= 15 is 0 Å². The summed E-state index contributed by atoms with van der Waals surface area (Å²) in [6.45, 7) is 0.0115. The summed E-state index contributed by atoms with van der Waals surface area (Å²) in [5, 5.41) is 2.27. The number of imide groups is 1. The van der Waals surface area contributed by atoms with Crippen LogP contribution in [0.3, 0.4) is 0 Å². The van der Waals surface area contributed by atoms with Crippen molar-refractivity contribution < 1.29 is 14.4 Å². The average Bonchev–Trinajstić information content (AvgIpc) is 2.70. The number of carbonyl (C=O) groups excluding carboxylic acids is 3. The number of aldehydes is 1. The van der Waals surface area contributed by atoms with Gasteiger partial charge in [0.25, 0.3) is 5.91 Å². The van der Waals surface area contributed by atoms with Crippen molar-refractivity contribution in [2.75, 3.05) is 6.54 Å². The first kappa shape index (κ1) is 9.18. The fourth-order valence-electron chi connectivity index (χ4n) is 2.39.